The van der Waals surface area contributed by atoms with Crippen LogP contribution in [-0.4, -0.2) is 26.9 Å². The molecule has 0 bridgehead atoms. The number of aliphatic hydroxyl groups is 1. The highest BCUT2D eigenvalue weighted by molar-refractivity contribution is 7.99. The van der Waals surface area contributed by atoms with E-state index in [1.807, 2.05) is 13.8 Å². The minimum Gasteiger partial charge on any atom is -0.396 e. The summed E-state index contributed by atoms with van der Waals surface area (Å²) in [7, 11) is 0. The Bertz CT molecular complexity index is 322. The number of aliphatic hydroxyl groups excluding tert-OH is 1. The van der Waals surface area contributed by atoms with Gasteiger partial charge < -0.3 is 5.11 Å². The van der Waals surface area contributed by atoms with Crippen molar-refractivity contribution in [2.75, 3.05) is 6.61 Å². The minimum atomic E-state index is -0.324. The standard InChI is InChI=1S/C10H15FN2OS/c1-3-8-9(11)10(13-6-12-8)15-7(2)4-5-14/h6-7,14H,3-5H2,1-2H3. The van der Waals surface area contributed by atoms with Gasteiger partial charge in [-0.05, 0) is 12.8 Å². The molecular formula is C10H15FN2OS. The zero-order valence-corrected chi connectivity index (χ0v) is 9.72. The average Bonchev–Trinajstić information content (AvgIpc) is 2.21. The first kappa shape index (κ1) is 12.4. The fourth-order valence-corrected chi connectivity index (χ4v) is 2.08. The van der Waals surface area contributed by atoms with Crippen molar-refractivity contribution in [1.29, 1.82) is 0 Å². The van der Waals surface area contributed by atoms with Crippen molar-refractivity contribution < 1.29 is 9.50 Å². The Morgan fingerprint density at radius 2 is 2.27 bits per heavy atom. The van der Waals surface area contributed by atoms with Crippen LogP contribution in [0.3, 0.4) is 0 Å². The summed E-state index contributed by atoms with van der Waals surface area (Å²) in [6.07, 6.45) is 2.59. The van der Waals surface area contributed by atoms with Crippen molar-refractivity contribution >= 4 is 11.8 Å². The van der Waals surface area contributed by atoms with E-state index in [1.165, 1.54) is 18.1 Å². The molecule has 1 atom stereocenters. The van der Waals surface area contributed by atoms with Gasteiger partial charge in [-0.15, -0.1) is 11.8 Å². The molecule has 0 amide bonds. The van der Waals surface area contributed by atoms with Crippen LogP contribution in [0.5, 0.6) is 0 Å². The monoisotopic (exact) mass is 230 g/mol. The van der Waals surface area contributed by atoms with Gasteiger partial charge in [-0.1, -0.05) is 13.8 Å². The van der Waals surface area contributed by atoms with E-state index in [2.05, 4.69) is 9.97 Å². The first-order valence-corrected chi connectivity index (χ1v) is 5.83. The van der Waals surface area contributed by atoms with Gasteiger partial charge in [-0.25, -0.2) is 14.4 Å². The van der Waals surface area contributed by atoms with E-state index in [1.54, 1.807) is 0 Å². The van der Waals surface area contributed by atoms with Crippen LogP contribution in [0.15, 0.2) is 11.4 Å². The second-order valence-corrected chi connectivity index (χ2v) is 4.66. The summed E-state index contributed by atoms with van der Waals surface area (Å²) in [4.78, 5) is 7.77. The van der Waals surface area contributed by atoms with Crippen molar-refractivity contribution in [3.63, 3.8) is 0 Å². The molecule has 5 heteroatoms. The van der Waals surface area contributed by atoms with E-state index < -0.39 is 0 Å². The molecule has 1 N–H and O–H groups in total. The molecular weight excluding hydrogens is 215 g/mol. The fraction of sp³-hybridized carbons (Fsp3) is 0.600. The molecule has 1 aromatic rings. The van der Waals surface area contributed by atoms with Crippen LogP contribution in [0.2, 0.25) is 0 Å². The number of thioether (sulfide) groups is 1. The van der Waals surface area contributed by atoms with Gasteiger partial charge in [-0.2, -0.15) is 0 Å². The van der Waals surface area contributed by atoms with Gasteiger partial charge in [0.25, 0.3) is 0 Å². The Labute approximate surface area is 93.1 Å². The van der Waals surface area contributed by atoms with Gasteiger partial charge in [0, 0.05) is 11.9 Å². The summed E-state index contributed by atoms with van der Waals surface area (Å²) in [5.74, 6) is -0.324. The van der Waals surface area contributed by atoms with Crippen LogP contribution in [0, 0.1) is 5.82 Å². The van der Waals surface area contributed by atoms with Crippen LogP contribution >= 0.6 is 11.8 Å². The minimum absolute atomic E-state index is 0.113. The maximum absolute atomic E-state index is 13.7. The van der Waals surface area contributed by atoms with Crippen LogP contribution < -0.4 is 0 Å². The second kappa shape index (κ2) is 6.02. The Hall–Kier alpha value is -0.680. The summed E-state index contributed by atoms with van der Waals surface area (Å²) in [6, 6.07) is 0. The molecule has 0 aliphatic carbocycles. The molecule has 84 valence electrons. The molecule has 0 saturated carbocycles. The van der Waals surface area contributed by atoms with Gasteiger partial charge in [0.15, 0.2) is 5.82 Å². The third-order valence-corrected chi connectivity index (χ3v) is 3.16. The largest absolute Gasteiger partial charge is 0.396 e. The third-order valence-electron chi connectivity index (χ3n) is 2.01. The molecule has 1 unspecified atom stereocenters. The Morgan fingerprint density at radius 1 is 1.53 bits per heavy atom. The highest BCUT2D eigenvalue weighted by atomic mass is 32.2. The molecule has 0 radical (unpaired) electrons. The first-order chi connectivity index (χ1) is 7.19. The number of hydrogen-bond donors (Lipinski definition) is 1. The lowest BCUT2D eigenvalue weighted by Crippen LogP contribution is -2.03. The number of halogens is 1. The molecule has 3 nitrogen and oxygen atoms in total. The molecule has 15 heavy (non-hydrogen) atoms. The summed E-state index contributed by atoms with van der Waals surface area (Å²) in [5, 5.41) is 9.28. The van der Waals surface area contributed by atoms with Gasteiger partial charge >= 0.3 is 0 Å². The van der Waals surface area contributed by atoms with E-state index in [4.69, 9.17) is 5.11 Å². The van der Waals surface area contributed by atoms with Gasteiger partial charge in [-0.3, -0.25) is 0 Å². The van der Waals surface area contributed by atoms with Crippen molar-refractivity contribution in [1.82, 2.24) is 9.97 Å². The average molecular weight is 230 g/mol. The van der Waals surface area contributed by atoms with E-state index in [9.17, 15) is 4.39 Å². The van der Waals surface area contributed by atoms with Crippen molar-refractivity contribution in [3.8, 4) is 0 Å². The maximum atomic E-state index is 13.7. The van der Waals surface area contributed by atoms with E-state index in [0.29, 0.717) is 23.6 Å². The number of aryl methyl sites for hydroxylation is 1. The van der Waals surface area contributed by atoms with Crippen LogP contribution in [-0.2, 0) is 6.42 Å². The molecule has 0 spiro atoms. The number of hydrogen-bond acceptors (Lipinski definition) is 4. The highest BCUT2D eigenvalue weighted by Gasteiger charge is 2.13. The smallest absolute Gasteiger partial charge is 0.176 e. The number of rotatable bonds is 5. The lowest BCUT2D eigenvalue weighted by molar-refractivity contribution is 0.289. The zero-order chi connectivity index (χ0) is 11.3. The summed E-state index contributed by atoms with van der Waals surface area (Å²) >= 11 is 1.34. The summed E-state index contributed by atoms with van der Waals surface area (Å²) < 4.78 is 13.7. The maximum Gasteiger partial charge on any atom is 0.176 e. The van der Waals surface area contributed by atoms with Crippen molar-refractivity contribution in [3.05, 3.63) is 17.8 Å². The van der Waals surface area contributed by atoms with Crippen molar-refractivity contribution in [2.45, 2.75) is 37.0 Å². The van der Waals surface area contributed by atoms with Crippen LogP contribution in [0.4, 0.5) is 4.39 Å². The Balaban J connectivity index is 2.76. The quantitative estimate of drug-likeness (QED) is 0.621. The van der Waals surface area contributed by atoms with Gasteiger partial charge in [0.2, 0.25) is 0 Å². The Morgan fingerprint density at radius 3 is 2.87 bits per heavy atom. The second-order valence-electron chi connectivity index (χ2n) is 3.23. The van der Waals surface area contributed by atoms with Gasteiger partial charge in [0.05, 0.1) is 5.69 Å². The van der Waals surface area contributed by atoms with E-state index in [0.717, 1.165) is 0 Å². The normalized spacial score (nSPS) is 12.8. The fourth-order valence-electron chi connectivity index (χ4n) is 1.15. The molecule has 1 rings (SSSR count). The molecule has 0 aliphatic heterocycles. The molecule has 0 saturated heterocycles. The lowest BCUT2D eigenvalue weighted by Gasteiger charge is -2.09. The van der Waals surface area contributed by atoms with Gasteiger partial charge in [0.1, 0.15) is 11.4 Å². The molecule has 0 aromatic carbocycles. The van der Waals surface area contributed by atoms with E-state index >= 15 is 0 Å². The third kappa shape index (κ3) is 3.43. The zero-order valence-electron chi connectivity index (χ0n) is 8.90. The summed E-state index contributed by atoms with van der Waals surface area (Å²) in [5.41, 5.74) is 0.448. The number of nitrogens with zero attached hydrogens (tertiary/aromatic N) is 2. The molecule has 1 heterocycles. The lowest BCUT2D eigenvalue weighted by atomic mass is 10.3. The highest BCUT2D eigenvalue weighted by Crippen LogP contribution is 2.26. The van der Waals surface area contributed by atoms with Crippen molar-refractivity contribution in [2.24, 2.45) is 0 Å². The predicted molar refractivity (Wildman–Crippen MR) is 58.4 cm³/mol. The predicted octanol–water partition coefficient (Wildman–Crippen LogP) is 2.04. The molecule has 1 aromatic heterocycles. The topological polar surface area (TPSA) is 46.0 Å². The number of aromatic nitrogens is 2. The van der Waals surface area contributed by atoms with E-state index in [-0.39, 0.29) is 17.7 Å². The first-order valence-electron chi connectivity index (χ1n) is 4.95. The Kier molecular flexibility index (Phi) is 4.98. The van der Waals surface area contributed by atoms with Crippen LogP contribution in [0.1, 0.15) is 26.0 Å². The SMILES string of the molecule is CCc1ncnc(SC(C)CCO)c1F. The summed E-state index contributed by atoms with van der Waals surface area (Å²) in [6.45, 7) is 3.91. The molecule has 0 fully saturated rings. The van der Waals surface area contributed by atoms with Crippen LogP contribution in [0.25, 0.3) is 0 Å². The molecule has 0 aliphatic rings.